The van der Waals surface area contributed by atoms with Gasteiger partial charge in [0.25, 0.3) is 5.91 Å². The minimum Gasteiger partial charge on any atom is -0.454 e. The summed E-state index contributed by atoms with van der Waals surface area (Å²) in [6.07, 6.45) is 0. The Morgan fingerprint density at radius 1 is 1.04 bits per heavy atom. The maximum Gasteiger partial charge on any atom is 0.324 e. The zero-order chi connectivity index (χ0) is 21.6. The molecule has 0 aliphatic rings. The topological polar surface area (TPSA) is 92.8 Å². The molecule has 1 N–H and O–H groups in total. The van der Waals surface area contributed by atoms with Gasteiger partial charge in [-0.05, 0) is 57.9 Å². The van der Waals surface area contributed by atoms with Crippen molar-refractivity contribution in [2.75, 3.05) is 6.61 Å². The van der Waals surface area contributed by atoms with Gasteiger partial charge in [0.15, 0.2) is 6.61 Å². The van der Waals surface area contributed by atoms with Crippen LogP contribution in [0, 0.1) is 5.92 Å². The Morgan fingerprint density at radius 2 is 1.54 bits per heavy atom. The normalized spacial score (nSPS) is 13.1. The monoisotopic (exact) mass is 432 g/mol. The van der Waals surface area contributed by atoms with Gasteiger partial charge in [-0.3, -0.25) is 9.59 Å². The summed E-state index contributed by atoms with van der Waals surface area (Å²) in [7, 11) is -3.95. The Labute approximate surface area is 172 Å². The molecule has 1 aromatic carbocycles. The van der Waals surface area contributed by atoms with E-state index < -0.39 is 28.6 Å². The average molecular weight is 433 g/mol. The van der Waals surface area contributed by atoms with Gasteiger partial charge in [0.2, 0.25) is 10.0 Å². The standard InChI is InChI=1S/C19H29ClN2O5S/c1-12(2)18(21-28(25,26)16-9-7-15(20)8-10-16)19(24)27-11-17(23)22(13(3)4)14(5)6/h7-10,12-14,18,21H,11H2,1-6H3. The van der Waals surface area contributed by atoms with Crippen LogP contribution < -0.4 is 4.72 Å². The van der Waals surface area contributed by atoms with Crippen molar-refractivity contribution < 1.29 is 22.7 Å². The molecule has 0 radical (unpaired) electrons. The largest absolute Gasteiger partial charge is 0.454 e. The first kappa shape index (κ1) is 24.4. The van der Waals surface area contributed by atoms with Crippen molar-refractivity contribution in [1.29, 1.82) is 0 Å². The lowest BCUT2D eigenvalue weighted by Gasteiger charge is -2.30. The summed E-state index contributed by atoms with van der Waals surface area (Å²) >= 11 is 5.78. The predicted octanol–water partition coefficient (Wildman–Crippen LogP) is 2.83. The highest BCUT2D eigenvalue weighted by atomic mass is 35.5. The summed E-state index contributed by atoms with van der Waals surface area (Å²) in [6.45, 7) is 10.4. The van der Waals surface area contributed by atoms with Gasteiger partial charge < -0.3 is 9.64 Å². The van der Waals surface area contributed by atoms with Gasteiger partial charge in [-0.25, -0.2) is 8.42 Å². The Kier molecular flexibility index (Phi) is 8.91. The van der Waals surface area contributed by atoms with Gasteiger partial charge in [0.1, 0.15) is 6.04 Å². The first-order chi connectivity index (χ1) is 12.9. The van der Waals surface area contributed by atoms with Crippen molar-refractivity contribution in [3.63, 3.8) is 0 Å². The zero-order valence-corrected chi connectivity index (χ0v) is 18.7. The summed E-state index contributed by atoms with van der Waals surface area (Å²) in [5.74, 6) is -1.51. The maximum absolute atomic E-state index is 12.6. The molecule has 1 aromatic rings. The smallest absolute Gasteiger partial charge is 0.324 e. The second kappa shape index (κ2) is 10.2. The molecule has 0 aromatic heterocycles. The highest BCUT2D eigenvalue weighted by Gasteiger charge is 2.31. The number of hydrogen-bond acceptors (Lipinski definition) is 5. The molecular weight excluding hydrogens is 404 g/mol. The second-order valence-corrected chi connectivity index (χ2v) is 9.54. The van der Waals surface area contributed by atoms with Crippen LogP contribution in [-0.2, 0) is 24.3 Å². The number of nitrogens with one attached hydrogen (secondary N) is 1. The van der Waals surface area contributed by atoms with Gasteiger partial charge in [0, 0.05) is 17.1 Å². The fourth-order valence-corrected chi connectivity index (χ4v) is 4.23. The first-order valence-corrected chi connectivity index (χ1v) is 11.0. The van der Waals surface area contributed by atoms with E-state index in [9.17, 15) is 18.0 Å². The van der Waals surface area contributed by atoms with E-state index in [4.69, 9.17) is 16.3 Å². The number of carbonyl (C=O) groups excluding carboxylic acids is 2. The average Bonchev–Trinajstić information content (AvgIpc) is 2.57. The summed E-state index contributed by atoms with van der Waals surface area (Å²) in [6, 6.07) is 4.37. The molecular formula is C19H29ClN2O5S. The molecule has 1 unspecified atom stereocenters. The van der Waals surface area contributed by atoms with Crippen LogP contribution in [0.3, 0.4) is 0 Å². The van der Waals surface area contributed by atoms with Crippen LogP contribution in [0.25, 0.3) is 0 Å². The fraction of sp³-hybridized carbons (Fsp3) is 0.579. The van der Waals surface area contributed by atoms with Crippen LogP contribution >= 0.6 is 11.6 Å². The Bertz CT molecular complexity index is 768. The van der Waals surface area contributed by atoms with E-state index in [1.54, 1.807) is 18.7 Å². The molecule has 158 valence electrons. The van der Waals surface area contributed by atoms with Crippen molar-refractivity contribution in [2.24, 2.45) is 5.92 Å². The number of hydrogen-bond donors (Lipinski definition) is 1. The summed E-state index contributed by atoms with van der Waals surface area (Å²) in [5.41, 5.74) is 0. The number of halogens is 1. The van der Waals surface area contributed by atoms with Crippen LogP contribution in [0.5, 0.6) is 0 Å². The minimum atomic E-state index is -3.95. The van der Waals surface area contributed by atoms with Crippen molar-refractivity contribution in [1.82, 2.24) is 9.62 Å². The van der Waals surface area contributed by atoms with E-state index >= 15 is 0 Å². The summed E-state index contributed by atoms with van der Waals surface area (Å²) in [4.78, 5) is 26.4. The van der Waals surface area contributed by atoms with Gasteiger partial charge >= 0.3 is 5.97 Å². The lowest BCUT2D eigenvalue weighted by atomic mass is 10.1. The second-order valence-electron chi connectivity index (χ2n) is 7.39. The number of rotatable bonds is 9. The number of benzene rings is 1. The molecule has 28 heavy (non-hydrogen) atoms. The van der Waals surface area contributed by atoms with E-state index in [1.807, 2.05) is 27.7 Å². The van der Waals surface area contributed by atoms with Crippen molar-refractivity contribution in [2.45, 2.75) is 64.6 Å². The lowest BCUT2D eigenvalue weighted by Crippen LogP contribution is -2.47. The van der Waals surface area contributed by atoms with Crippen LogP contribution in [-0.4, -0.2) is 49.9 Å². The number of esters is 1. The van der Waals surface area contributed by atoms with E-state index in [0.29, 0.717) is 5.02 Å². The Morgan fingerprint density at radius 3 is 1.96 bits per heavy atom. The highest BCUT2D eigenvalue weighted by molar-refractivity contribution is 7.89. The summed E-state index contributed by atoms with van der Waals surface area (Å²) in [5, 5.41) is 0.400. The fourth-order valence-electron chi connectivity index (χ4n) is 2.77. The van der Waals surface area contributed by atoms with Gasteiger partial charge in [0.05, 0.1) is 4.90 Å². The number of sulfonamides is 1. The number of carbonyl (C=O) groups is 2. The molecule has 0 saturated carbocycles. The molecule has 7 nitrogen and oxygen atoms in total. The third-order valence-electron chi connectivity index (χ3n) is 4.07. The van der Waals surface area contributed by atoms with Crippen LogP contribution in [0.2, 0.25) is 5.02 Å². The van der Waals surface area contributed by atoms with E-state index in [1.165, 1.54) is 24.3 Å². The number of ether oxygens (including phenoxy) is 1. The SMILES string of the molecule is CC(C)C(NS(=O)(=O)c1ccc(Cl)cc1)C(=O)OCC(=O)N(C(C)C)C(C)C. The molecule has 0 bridgehead atoms. The van der Waals surface area contributed by atoms with Gasteiger partial charge in [-0.15, -0.1) is 0 Å². The molecule has 0 fully saturated rings. The Balaban J connectivity index is 2.87. The van der Waals surface area contributed by atoms with E-state index in [2.05, 4.69) is 4.72 Å². The highest BCUT2D eigenvalue weighted by Crippen LogP contribution is 2.16. The molecule has 0 saturated heterocycles. The molecule has 1 amide bonds. The molecule has 0 aliphatic heterocycles. The van der Waals surface area contributed by atoms with Crippen LogP contribution in [0.4, 0.5) is 0 Å². The molecule has 0 heterocycles. The number of nitrogens with zero attached hydrogens (tertiary/aromatic N) is 1. The third kappa shape index (κ3) is 6.76. The lowest BCUT2D eigenvalue weighted by molar-refractivity contribution is -0.155. The molecule has 0 aliphatic carbocycles. The minimum absolute atomic E-state index is 0.0165. The first-order valence-electron chi connectivity index (χ1n) is 9.12. The number of amides is 1. The van der Waals surface area contributed by atoms with Crippen molar-refractivity contribution in [3.8, 4) is 0 Å². The Hall–Kier alpha value is -1.64. The molecule has 9 heteroatoms. The van der Waals surface area contributed by atoms with Crippen molar-refractivity contribution in [3.05, 3.63) is 29.3 Å². The predicted molar refractivity (Wildman–Crippen MR) is 108 cm³/mol. The molecule has 1 atom stereocenters. The quantitative estimate of drug-likeness (QED) is 0.605. The van der Waals surface area contributed by atoms with Gasteiger partial charge in [-0.2, -0.15) is 4.72 Å². The maximum atomic E-state index is 12.6. The molecule has 0 spiro atoms. The third-order valence-corrected chi connectivity index (χ3v) is 5.77. The summed E-state index contributed by atoms with van der Waals surface area (Å²) < 4.78 is 32.6. The van der Waals surface area contributed by atoms with Gasteiger partial charge in [-0.1, -0.05) is 25.4 Å². The van der Waals surface area contributed by atoms with E-state index in [-0.39, 0.29) is 28.8 Å². The zero-order valence-electron chi connectivity index (χ0n) is 17.1. The molecule has 1 rings (SSSR count). The van der Waals surface area contributed by atoms with Crippen LogP contribution in [0.1, 0.15) is 41.5 Å². The van der Waals surface area contributed by atoms with E-state index in [0.717, 1.165) is 0 Å². The van der Waals surface area contributed by atoms with Crippen molar-refractivity contribution >= 4 is 33.5 Å². The van der Waals surface area contributed by atoms with Crippen LogP contribution in [0.15, 0.2) is 29.2 Å².